The minimum Gasteiger partial charge on any atom is -0.322 e. The van der Waals surface area contributed by atoms with Gasteiger partial charge in [-0.05, 0) is 73.4 Å². The van der Waals surface area contributed by atoms with E-state index in [1.165, 1.54) is 59.0 Å². The molecular formula is C26H33N5O5S2. The molecule has 1 amide bonds. The van der Waals surface area contributed by atoms with Crippen LogP contribution < -0.4 is 10.0 Å². The molecule has 0 saturated carbocycles. The highest BCUT2D eigenvalue weighted by molar-refractivity contribution is 7.92. The number of aromatic nitrogens is 2. The Balaban J connectivity index is 1.70. The Bertz CT molecular complexity index is 1460. The van der Waals surface area contributed by atoms with Gasteiger partial charge in [0.25, 0.3) is 15.9 Å². The summed E-state index contributed by atoms with van der Waals surface area (Å²) in [4.78, 5) is 20.8. The Kier molecular flexibility index (Phi) is 9.23. The average molecular weight is 560 g/mol. The minimum absolute atomic E-state index is 0.0254. The van der Waals surface area contributed by atoms with Gasteiger partial charge in [-0.25, -0.2) is 31.5 Å². The normalized spacial score (nSPS) is 12.2. The second-order valence-corrected chi connectivity index (χ2v) is 13.4. The number of hydrogen-bond donors (Lipinski definition) is 2. The number of nitrogens with zero attached hydrogens (tertiary/aromatic N) is 3. The lowest BCUT2D eigenvalue weighted by Gasteiger charge is -2.25. The number of anilines is 2. The number of carbonyl (C=O) groups is 1. The summed E-state index contributed by atoms with van der Waals surface area (Å²) >= 11 is 0. The van der Waals surface area contributed by atoms with Crippen molar-refractivity contribution >= 4 is 37.6 Å². The topological polar surface area (TPSA) is 138 Å². The van der Waals surface area contributed by atoms with Crippen molar-refractivity contribution < 1.29 is 21.6 Å². The summed E-state index contributed by atoms with van der Waals surface area (Å²) in [6.45, 7) is 10.4. The predicted molar refractivity (Wildman–Crippen MR) is 147 cm³/mol. The fourth-order valence-corrected chi connectivity index (χ4v) is 6.33. The summed E-state index contributed by atoms with van der Waals surface area (Å²) < 4.78 is 55.4. The Morgan fingerprint density at radius 2 is 1.39 bits per heavy atom. The maximum absolute atomic E-state index is 13.2. The molecule has 3 aromatic rings. The lowest BCUT2D eigenvalue weighted by Crippen LogP contribution is -2.37. The van der Waals surface area contributed by atoms with Gasteiger partial charge in [-0.2, -0.15) is 4.31 Å². The Morgan fingerprint density at radius 3 is 1.92 bits per heavy atom. The first-order valence-corrected chi connectivity index (χ1v) is 15.0. The van der Waals surface area contributed by atoms with Crippen molar-refractivity contribution in [3.8, 4) is 0 Å². The molecule has 3 rings (SSSR count). The third kappa shape index (κ3) is 7.59. The van der Waals surface area contributed by atoms with E-state index in [2.05, 4.69) is 20.0 Å². The Morgan fingerprint density at radius 1 is 0.842 bits per heavy atom. The molecule has 10 nitrogen and oxygen atoms in total. The van der Waals surface area contributed by atoms with Crippen LogP contribution in [0.2, 0.25) is 0 Å². The number of nitrogens with one attached hydrogen (secondary N) is 2. The van der Waals surface area contributed by atoms with Crippen LogP contribution in [0.25, 0.3) is 0 Å². The zero-order valence-electron chi connectivity index (χ0n) is 22.0. The molecule has 0 bridgehead atoms. The molecule has 0 radical (unpaired) electrons. The minimum atomic E-state index is -3.92. The standard InChI is InChI=1S/C26H33N5O5S2/c1-18(2)16-31(17-19(3)4)38(35,36)24-10-6-21(7-11-24)25(32)29-22-8-12-23(13-9-22)37(33,34)30-26-27-15-14-20(5)28-26/h6-15,18-19H,16-17H2,1-5H3,(H,29,32)(H,27,28,30). The lowest BCUT2D eigenvalue weighted by atomic mass is 10.2. The smallest absolute Gasteiger partial charge is 0.264 e. The van der Waals surface area contributed by atoms with E-state index in [1.807, 2.05) is 27.7 Å². The molecule has 0 aliphatic rings. The van der Waals surface area contributed by atoms with E-state index in [1.54, 1.807) is 13.0 Å². The van der Waals surface area contributed by atoms with Gasteiger partial charge >= 0.3 is 0 Å². The number of carbonyl (C=O) groups excluding carboxylic acids is 1. The van der Waals surface area contributed by atoms with Crippen molar-refractivity contribution in [1.29, 1.82) is 0 Å². The van der Waals surface area contributed by atoms with Crippen molar-refractivity contribution in [2.24, 2.45) is 11.8 Å². The monoisotopic (exact) mass is 559 g/mol. The van der Waals surface area contributed by atoms with E-state index < -0.39 is 26.0 Å². The van der Waals surface area contributed by atoms with Gasteiger partial charge in [-0.3, -0.25) is 4.79 Å². The molecular weight excluding hydrogens is 526 g/mol. The number of benzene rings is 2. The van der Waals surface area contributed by atoms with Crippen LogP contribution in [-0.2, 0) is 20.0 Å². The maximum Gasteiger partial charge on any atom is 0.264 e. The number of rotatable bonds is 11. The van der Waals surface area contributed by atoms with E-state index in [0.29, 0.717) is 24.5 Å². The van der Waals surface area contributed by atoms with E-state index in [9.17, 15) is 21.6 Å². The van der Waals surface area contributed by atoms with E-state index in [0.717, 1.165) is 0 Å². The molecule has 12 heteroatoms. The van der Waals surface area contributed by atoms with Crippen LogP contribution in [0.3, 0.4) is 0 Å². The quantitative estimate of drug-likeness (QED) is 0.360. The van der Waals surface area contributed by atoms with Gasteiger partial charge in [-0.15, -0.1) is 0 Å². The van der Waals surface area contributed by atoms with Crippen LogP contribution >= 0.6 is 0 Å². The second kappa shape index (κ2) is 12.0. The third-order valence-electron chi connectivity index (χ3n) is 5.33. The zero-order valence-corrected chi connectivity index (χ0v) is 23.7. The van der Waals surface area contributed by atoms with Gasteiger partial charge < -0.3 is 5.32 Å². The molecule has 0 atom stereocenters. The summed E-state index contributed by atoms with van der Waals surface area (Å²) in [5.74, 6) is -0.162. The fraction of sp³-hybridized carbons (Fsp3) is 0.346. The molecule has 204 valence electrons. The van der Waals surface area contributed by atoms with Crippen LogP contribution in [0.5, 0.6) is 0 Å². The third-order valence-corrected chi connectivity index (χ3v) is 8.52. The average Bonchev–Trinajstić information content (AvgIpc) is 2.83. The van der Waals surface area contributed by atoms with Gasteiger partial charge in [0.05, 0.1) is 9.79 Å². The summed E-state index contributed by atoms with van der Waals surface area (Å²) in [6.07, 6.45) is 1.45. The van der Waals surface area contributed by atoms with E-state index in [-0.39, 0.29) is 33.1 Å². The van der Waals surface area contributed by atoms with Crippen molar-refractivity contribution in [1.82, 2.24) is 14.3 Å². The van der Waals surface area contributed by atoms with Gasteiger partial charge in [0.15, 0.2) is 0 Å². The van der Waals surface area contributed by atoms with Gasteiger partial charge in [0.2, 0.25) is 16.0 Å². The van der Waals surface area contributed by atoms with Gasteiger partial charge in [-0.1, -0.05) is 27.7 Å². The molecule has 0 aliphatic carbocycles. The molecule has 0 aliphatic heterocycles. The van der Waals surface area contributed by atoms with Gasteiger partial charge in [0, 0.05) is 36.2 Å². The maximum atomic E-state index is 13.2. The molecule has 1 aromatic heterocycles. The Hall–Kier alpha value is -3.35. The van der Waals surface area contributed by atoms with Crippen molar-refractivity contribution in [2.45, 2.75) is 44.4 Å². The number of aryl methyl sites for hydroxylation is 1. The predicted octanol–water partition coefficient (Wildman–Crippen LogP) is 4.14. The molecule has 38 heavy (non-hydrogen) atoms. The molecule has 2 aromatic carbocycles. The summed E-state index contributed by atoms with van der Waals surface area (Å²) in [7, 11) is -7.62. The molecule has 0 saturated heterocycles. The number of hydrogen-bond acceptors (Lipinski definition) is 7. The van der Waals surface area contributed by atoms with Crippen LogP contribution in [0.15, 0.2) is 70.6 Å². The van der Waals surface area contributed by atoms with Crippen molar-refractivity contribution in [3.05, 3.63) is 72.1 Å². The van der Waals surface area contributed by atoms with Crippen LogP contribution in [0.1, 0.15) is 43.7 Å². The van der Waals surface area contributed by atoms with Gasteiger partial charge in [0.1, 0.15) is 0 Å². The number of amides is 1. The van der Waals surface area contributed by atoms with Crippen LogP contribution in [0, 0.1) is 18.8 Å². The number of sulfonamides is 2. The zero-order chi connectivity index (χ0) is 28.1. The first-order valence-electron chi connectivity index (χ1n) is 12.1. The van der Waals surface area contributed by atoms with Crippen molar-refractivity contribution in [2.75, 3.05) is 23.1 Å². The molecule has 0 unspecified atom stereocenters. The largest absolute Gasteiger partial charge is 0.322 e. The molecule has 0 fully saturated rings. The molecule has 0 spiro atoms. The molecule has 2 N–H and O–H groups in total. The lowest BCUT2D eigenvalue weighted by molar-refractivity contribution is 0.102. The van der Waals surface area contributed by atoms with Crippen molar-refractivity contribution in [3.63, 3.8) is 0 Å². The van der Waals surface area contributed by atoms with Crippen LogP contribution in [-0.4, -0.2) is 50.1 Å². The highest BCUT2D eigenvalue weighted by atomic mass is 32.2. The first-order chi connectivity index (χ1) is 17.8. The molecule has 1 heterocycles. The van der Waals surface area contributed by atoms with E-state index >= 15 is 0 Å². The fourth-order valence-electron chi connectivity index (χ4n) is 3.61. The summed E-state index contributed by atoms with van der Waals surface area (Å²) in [5, 5.41) is 2.69. The first kappa shape index (κ1) is 29.2. The highest BCUT2D eigenvalue weighted by Gasteiger charge is 2.26. The van der Waals surface area contributed by atoms with E-state index in [4.69, 9.17) is 0 Å². The summed E-state index contributed by atoms with van der Waals surface area (Å²) in [5.41, 5.74) is 1.25. The Labute approximate surface area is 224 Å². The van der Waals surface area contributed by atoms with Crippen LogP contribution in [0.4, 0.5) is 11.6 Å². The summed E-state index contributed by atoms with van der Waals surface area (Å²) in [6, 6.07) is 13.0. The highest BCUT2D eigenvalue weighted by Crippen LogP contribution is 2.21. The SMILES string of the molecule is Cc1ccnc(NS(=O)(=O)c2ccc(NC(=O)c3ccc(S(=O)(=O)N(CC(C)C)CC(C)C)cc3)cc2)n1. The second-order valence-electron chi connectivity index (χ2n) is 9.74.